The summed E-state index contributed by atoms with van der Waals surface area (Å²) in [6.07, 6.45) is 2.62. The number of benzene rings is 1. The molecule has 0 spiro atoms. The summed E-state index contributed by atoms with van der Waals surface area (Å²) in [5, 5.41) is 1.99. The molecular weight excluding hydrogens is 261 g/mol. The number of nitrogens with one attached hydrogen (secondary N) is 1. The zero-order chi connectivity index (χ0) is 9.71. The monoisotopic (exact) mass is 269 g/mol. The third-order valence-corrected chi connectivity index (χ3v) is 3.44. The van der Waals surface area contributed by atoms with E-state index in [0.29, 0.717) is 0 Å². The van der Waals surface area contributed by atoms with Crippen LogP contribution in [0.1, 0.15) is 24.5 Å². The van der Waals surface area contributed by atoms with Crippen molar-refractivity contribution in [2.45, 2.75) is 18.8 Å². The maximum Gasteiger partial charge on any atom is 0.0658 e. The molecule has 72 valence electrons. The Morgan fingerprint density at radius 2 is 2.07 bits per heavy atom. The van der Waals surface area contributed by atoms with Gasteiger partial charge in [-0.15, -0.1) is 0 Å². The van der Waals surface area contributed by atoms with Gasteiger partial charge in [-0.05, 0) is 37.0 Å². The van der Waals surface area contributed by atoms with Gasteiger partial charge >= 0.3 is 0 Å². The van der Waals surface area contributed by atoms with E-state index in [4.69, 9.17) is 11.6 Å². The average molecular weight is 271 g/mol. The normalized spacial score (nSPS) is 16.4. The second-order valence-electron chi connectivity index (χ2n) is 3.85. The first-order valence-electron chi connectivity index (χ1n) is 4.72. The molecule has 1 saturated carbocycles. The second-order valence-corrected chi connectivity index (χ2v) is 5.17. The van der Waals surface area contributed by atoms with Crippen molar-refractivity contribution in [2.75, 3.05) is 0 Å². The minimum atomic E-state index is 0.747. The molecule has 1 heterocycles. The molecule has 0 amide bonds. The first-order chi connectivity index (χ1) is 6.74. The average Bonchev–Trinajstić information content (AvgIpc) is 2.87. The Morgan fingerprint density at radius 3 is 2.79 bits per heavy atom. The van der Waals surface area contributed by atoms with Gasteiger partial charge in [-0.2, -0.15) is 0 Å². The van der Waals surface area contributed by atoms with E-state index in [1.165, 1.54) is 23.9 Å². The lowest BCUT2D eigenvalue weighted by Crippen LogP contribution is -1.76. The summed E-state index contributed by atoms with van der Waals surface area (Å²) in [4.78, 5) is 3.40. The maximum absolute atomic E-state index is 6.14. The lowest BCUT2D eigenvalue weighted by Gasteiger charge is -1.94. The summed E-state index contributed by atoms with van der Waals surface area (Å²) >= 11 is 9.59. The first kappa shape index (κ1) is 8.81. The van der Waals surface area contributed by atoms with Crippen LogP contribution >= 0.6 is 27.5 Å². The van der Waals surface area contributed by atoms with Gasteiger partial charge in [-0.1, -0.05) is 27.5 Å². The van der Waals surface area contributed by atoms with Crippen LogP contribution in [-0.2, 0) is 0 Å². The van der Waals surface area contributed by atoms with Crippen molar-refractivity contribution >= 4 is 38.4 Å². The van der Waals surface area contributed by atoms with Gasteiger partial charge in [-0.25, -0.2) is 0 Å². The second kappa shape index (κ2) is 3.01. The Hall–Kier alpha value is -0.470. The van der Waals surface area contributed by atoms with Crippen LogP contribution in [0.25, 0.3) is 10.9 Å². The molecule has 1 aromatic heterocycles. The van der Waals surface area contributed by atoms with E-state index >= 15 is 0 Å². The van der Waals surface area contributed by atoms with Crippen LogP contribution in [0.4, 0.5) is 0 Å². The molecule has 0 atom stereocenters. The Balaban J connectivity index is 2.26. The maximum atomic E-state index is 6.14. The highest BCUT2D eigenvalue weighted by Crippen LogP contribution is 2.41. The molecule has 1 N–H and O–H groups in total. The molecule has 3 rings (SSSR count). The van der Waals surface area contributed by atoms with Gasteiger partial charge in [0.2, 0.25) is 0 Å². The fourth-order valence-corrected chi connectivity index (χ4v) is 2.68. The van der Waals surface area contributed by atoms with Crippen molar-refractivity contribution in [2.24, 2.45) is 0 Å². The van der Waals surface area contributed by atoms with Gasteiger partial charge in [0, 0.05) is 15.6 Å². The molecule has 0 unspecified atom stereocenters. The molecule has 3 heteroatoms. The van der Waals surface area contributed by atoms with E-state index in [2.05, 4.69) is 33.0 Å². The molecule has 0 radical (unpaired) electrons. The molecule has 0 saturated heterocycles. The quantitative estimate of drug-likeness (QED) is 0.787. The fraction of sp³-hybridized carbons (Fsp3) is 0.273. The van der Waals surface area contributed by atoms with Gasteiger partial charge in [0.1, 0.15) is 0 Å². The highest BCUT2D eigenvalue weighted by atomic mass is 79.9. The predicted octanol–water partition coefficient (Wildman–Crippen LogP) is 4.46. The lowest BCUT2D eigenvalue weighted by atomic mass is 10.2. The highest BCUT2D eigenvalue weighted by Gasteiger charge is 2.25. The van der Waals surface area contributed by atoms with Crippen molar-refractivity contribution in [3.63, 3.8) is 0 Å². The van der Waals surface area contributed by atoms with Crippen LogP contribution in [0, 0.1) is 0 Å². The SMILES string of the molecule is Clc1cc(Br)cc2cc(C3CC3)[nH]c12. The van der Waals surface area contributed by atoms with E-state index in [1.54, 1.807) is 0 Å². The number of halogens is 2. The molecule has 2 aromatic rings. The number of hydrogen-bond acceptors (Lipinski definition) is 0. The Labute approximate surface area is 95.6 Å². The van der Waals surface area contributed by atoms with E-state index in [0.717, 1.165) is 20.9 Å². The van der Waals surface area contributed by atoms with E-state index < -0.39 is 0 Å². The number of hydrogen-bond donors (Lipinski definition) is 1. The number of rotatable bonds is 1. The predicted molar refractivity (Wildman–Crippen MR) is 63.0 cm³/mol. The molecule has 1 aliphatic rings. The zero-order valence-corrected chi connectivity index (χ0v) is 9.82. The molecule has 1 aromatic carbocycles. The fourth-order valence-electron chi connectivity index (χ4n) is 1.80. The van der Waals surface area contributed by atoms with Crippen LogP contribution in [-0.4, -0.2) is 4.98 Å². The van der Waals surface area contributed by atoms with Crippen LogP contribution in [0.3, 0.4) is 0 Å². The minimum Gasteiger partial charge on any atom is -0.357 e. The summed E-state index contributed by atoms with van der Waals surface area (Å²) in [5.41, 5.74) is 2.40. The first-order valence-corrected chi connectivity index (χ1v) is 5.89. The van der Waals surface area contributed by atoms with Crippen molar-refractivity contribution in [1.82, 2.24) is 4.98 Å². The van der Waals surface area contributed by atoms with Crippen LogP contribution < -0.4 is 0 Å². The Bertz CT molecular complexity index is 499. The van der Waals surface area contributed by atoms with Gasteiger partial charge < -0.3 is 4.98 Å². The molecule has 0 bridgehead atoms. The van der Waals surface area contributed by atoms with Gasteiger partial charge in [0.25, 0.3) is 0 Å². The summed E-state index contributed by atoms with van der Waals surface area (Å²) in [6, 6.07) is 6.24. The van der Waals surface area contributed by atoms with Crippen molar-refractivity contribution < 1.29 is 0 Å². The third-order valence-electron chi connectivity index (χ3n) is 2.68. The number of aromatic amines is 1. The standard InChI is InChI=1S/C11H9BrClN/c12-8-3-7-4-10(6-1-2-6)14-11(7)9(13)5-8/h3-6,14H,1-2H2. The van der Waals surface area contributed by atoms with E-state index in [1.807, 2.05) is 6.07 Å². The summed E-state index contributed by atoms with van der Waals surface area (Å²) < 4.78 is 1.04. The molecule has 14 heavy (non-hydrogen) atoms. The Morgan fingerprint density at radius 1 is 1.29 bits per heavy atom. The topological polar surface area (TPSA) is 15.8 Å². The summed E-state index contributed by atoms with van der Waals surface area (Å²) in [7, 11) is 0. The minimum absolute atomic E-state index is 0.747. The summed E-state index contributed by atoms with van der Waals surface area (Å²) in [6.45, 7) is 0. The van der Waals surface area contributed by atoms with Gasteiger partial charge in [-0.3, -0.25) is 0 Å². The van der Waals surface area contributed by atoms with Crippen LogP contribution in [0.5, 0.6) is 0 Å². The largest absolute Gasteiger partial charge is 0.357 e. The zero-order valence-electron chi connectivity index (χ0n) is 7.48. The van der Waals surface area contributed by atoms with Crippen molar-refractivity contribution in [3.05, 3.63) is 33.4 Å². The van der Waals surface area contributed by atoms with E-state index in [9.17, 15) is 0 Å². The molecule has 1 fully saturated rings. The number of H-pyrrole nitrogens is 1. The lowest BCUT2D eigenvalue weighted by molar-refractivity contribution is 1.06. The highest BCUT2D eigenvalue weighted by molar-refractivity contribution is 9.10. The summed E-state index contributed by atoms with van der Waals surface area (Å²) in [5.74, 6) is 0.747. The smallest absolute Gasteiger partial charge is 0.0658 e. The van der Waals surface area contributed by atoms with E-state index in [-0.39, 0.29) is 0 Å². The van der Waals surface area contributed by atoms with Crippen molar-refractivity contribution in [1.29, 1.82) is 0 Å². The molecule has 1 aliphatic carbocycles. The number of aromatic nitrogens is 1. The van der Waals surface area contributed by atoms with Crippen LogP contribution in [0.15, 0.2) is 22.7 Å². The number of fused-ring (bicyclic) bond motifs is 1. The van der Waals surface area contributed by atoms with Crippen molar-refractivity contribution in [3.8, 4) is 0 Å². The third kappa shape index (κ3) is 1.37. The van der Waals surface area contributed by atoms with Gasteiger partial charge in [0.15, 0.2) is 0 Å². The molecule has 0 aliphatic heterocycles. The Kier molecular flexibility index (Phi) is 1.89. The molecular formula is C11H9BrClN. The van der Waals surface area contributed by atoms with Crippen LogP contribution in [0.2, 0.25) is 5.02 Å². The van der Waals surface area contributed by atoms with Gasteiger partial charge in [0.05, 0.1) is 10.5 Å². The molecule has 1 nitrogen and oxygen atoms in total.